The van der Waals surface area contributed by atoms with Crippen LogP contribution in [0.2, 0.25) is 0 Å². The van der Waals surface area contributed by atoms with Gasteiger partial charge in [-0.3, -0.25) is 4.99 Å². The number of rotatable bonds is 10. The zero-order valence-electron chi connectivity index (χ0n) is 17.8. The summed E-state index contributed by atoms with van der Waals surface area (Å²) in [5.41, 5.74) is 1.06. The number of nitrogens with one attached hydrogen (secondary N) is 2. The van der Waals surface area contributed by atoms with Gasteiger partial charge in [-0.1, -0.05) is 19.9 Å². The van der Waals surface area contributed by atoms with Gasteiger partial charge in [0.2, 0.25) is 0 Å². The molecule has 7 heteroatoms. The van der Waals surface area contributed by atoms with Gasteiger partial charge < -0.3 is 29.6 Å². The average molecular weight is 394 g/mol. The number of hydrogen-bond acceptors (Lipinski definition) is 5. The number of nitrogens with zero attached hydrogens (tertiary/aromatic N) is 1. The third-order valence-corrected chi connectivity index (χ3v) is 4.94. The highest BCUT2D eigenvalue weighted by Crippen LogP contribution is 2.32. The molecule has 0 aliphatic carbocycles. The highest BCUT2D eigenvalue weighted by molar-refractivity contribution is 5.79. The standard InChI is InChI=1S/C21H35N3O4/c1-21(2,16-7-8-18(25-4)19(13-16)26-5)15-24-20(22-3)23-10-6-11-28-17-9-12-27-14-17/h7-8,13,17H,6,9-12,14-15H2,1-5H3,(H2,22,23,24). The first kappa shape index (κ1) is 22.3. The zero-order valence-corrected chi connectivity index (χ0v) is 17.8. The number of ether oxygens (including phenoxy) is 4. The minimum atomic E-state index is -0.108. The third kappa shape index (κ3) is 6.56. The minimum Gasteiger partial charge on any atom is -0.493 e. The first-order valence-electron chi connectivity index (χ1n) is 9.86. The van der Waals surface area contributed by atoms with E-state index in [0.29, 0.717) is 0 Å². The van der Waals surface area contributed by atoms with Crippen molar-refractivity contribution in [3.8, 4) is 11.5 Å². The summed E-state index contributed by atoms with van der Waals surface area (Å²) in [6.07, 6.45) is 2.19. The lowest BCUT2D eigenvalue weighted by molar-refractivity contribution is 0.0420. The van der Waals surface area contributed by atoms with Crippen molar-refractivity contribution in [3.63, 3.8) is 0 Å². The number of methoxy groups -OCH3 is 2. The Morgan fingerprint density at radius 1 is 1.21 bits per heavy atom. The summed E-state index contributed by atoms with van der Waals surface area (Å²) in [5.74, 6) is 2.26. The molecule has 0 spiro atoms. The highest BCUT2D eigenvalue weighted by Gasteiger charge is 2.23. The number of guanidine groups is 1. The number of benzene rings is 1. The molecule has 0 amide bonds. The predicted octanol–water partition coefficient (Wildman–Crippen LogP) is 2.34. The third-order valence-electron chi connectivity index (χ3n) is 4.94. The average Bonchev–Trinajstić information content (AvgIpc) is 3.22. The van der Waals surface area contributed by atoms with Crippen LogP contribution in [0.25, 0.3) is 0 Å². The van der Waals surface area contributed by atoms with Crippen molar-refractivity contribution >= 4 is 5.96 Å². The van der Waals surface area contributed by atoms with Crippen LogP contribution in [0.4, 0.5) is 0 Å². The van der Waals surface area contributed by atoms with Crippen molar-refractivity contribution in [2.45, 2.75) is 38.2 Å². The van der Waals surface area contributed by atoms with E-state index < -0.39 is 0 Å². The molecule has 1 atom stereocenters. The van der Waals surface area contributed by atoms with Crippen LogP contribution in [-0.2, 0) is 14.9 Å². The van der Waals surface area contributed by atoms with Crippen LogP contribution in [-0.4, -0.2) is 66.2 Å². The van der Waals surface area contributed by atoms with Crippen LogP contribution in [0.1, 0.15) is 32.3 Å². The second kappa shape index (κ2) is 11.1. The van der Waals surface area contributed by atoms with Gasteiger partial charge in [0.25, 0.3) is 0 Å². The van der Waals surface area contributed by atoms with Crippen LogP contribution >= 0.6 is 0 Å². The summed E-state index contributed by atoms with van der Waals surface area (Å²) in [6.45, 7) is 8.19. The summed E-state index contributed by atoms with van der Waals surface area (Å²) in [6, 6.07) is 6.04. The topological polar surface area (TPSA) is 73.3 Å². The van der Waals surface area contributed by atoms with Crippen LogP contribution < -0.4 is 20.1 Å². The van der Waals surface area contributed by atoms with Crippen LogP contribution in [0.15, 0.2) is 23.2 Å². The molecule has 0 aromatic heterocycles. The van der Waals surface area contributed by atoms with Crippen LogP contribution in [0.5, 0.6) is 11.5 Å². The lowest BCUT2D eigenvalue weighted by Crippen LogP contribution is -2.43. The van der Waals surface area contributed by atoms with Gasteiger partial charge in [-0.05, 0) is 30.5 Å². The Morgan fingerprint density at radius 2 is 2.00 bits per heavy atom. The fourth-order valence-electron chi connectivity index (χ4n) is 3.06. The molecule has 1 aliphatic rings. The van der Waals surface area contributed by atoms with E-state index >= 15 is 0 Å². The molecule has 1 unspecified atom stereocenters. The Kier molecular flexibility index (Phi) is 8.86. The molecule has 158 valence electrons. The molecule has 0 saturated carbocycles. The van der Waals surface area contributed by atoms with E-state index in [1.807, 2.05) is 12.1 Å². The van der Waals surface area contributed by atoms with Gasteiger partial charge in [-0.2, -0.15) is 0 Å². The fraction of sp³-hybridized carbons (Fsp3) is 0.667. The molecule has 1 aromatic carbocycles. The minimum absolute atomic E-state index is 0.108. The number of aliphatic imine (C=N–C) groups is 1. The first-order chi connectivity index (χ1) is 13.5. The van der Waals surface area contributed by atoms with Crippen LogP contribution in [0, 0.1) is 0 Å². The molecule has 2 rings (SSSR count). The van der Waals surface area contributed by atoms with E-state index in [1.54, 1.807) is 21.3 Å². The zero-order chi connectivity index (χ0) is 20.4. The predicted molar refractivity (Wildman–Crippen MR) is 112 cm³/mol. The summed E-state index contributed by atoms with van der Waals surface area (Å²) >= 11 is 0. The molecule has 0 bridgehead atoms. The Balaban J connectivity index is 1.77. The smallest absolute Gasteiger partial charge is 0.191 e. The number of hydrogen-bond donors (Lipinski definition) is 2. The highest BCUT2D eigenvalue weighted by atomic mass is 16.5. The molecule has 1 aliphatic heterocycles. The molecular weight excluding hydrogens is 358 g/mol. The van der Waals surface area contributed by atoms with E-state index in [2.05, 4.69) is 35.5 Å². The van der Waals surface area contributed by atoms with Gasteiger partial charge in [0.05, 0.1) is 26.9 Å². The summed E-state index contributed by atoms with van der Waals surface area (Å²) in [4.78, 5) is 4.31. The normalized spacial score (nSPS) is 17.5. The lowest BCUT2D eigenvalue weighted by Gasteiger charge is -2.27. The summed E-state index contributed by atoms with van der Waals surface area (Å²) < 4.78 is 21.9. The largest absolute Gasteiger partial charge is 0.493 e. The van der Waals surface area contributed by atoms with Crippen molar-refractivity contribution in [1.82, 2.24) is 10.6 Å². The molecule has 7 nitrogen and oxygen atoms in total. The van der Waals surface area contributed by atoms with Crippen molar-refractivity contribution < 1.29 is 18.9 Å². The Morgan fingerprint density at radius 3 is 2.64 bits per heavy atom. The molecule has 1 heterocycles. The molecule has 0 radical (unpaired) electrons. The second-order valence-corrected chi connectivity index (χ2v) is 7.52. The van der Waals surface area contributed by atoms with Crippen LogP contribution in [0.3, 0.4) is 0 Å². The lowest BCUT2D eigenvalue weighted by atomic mass is 9.84. The van der Waals surface area contributed by atoms with Crippen molar-refractivity contribution in [3.05, 3.63) is 23.8 Å². The van der Waals surface area contributed by atoms with E-state index in [1.165, 1.54) is 5.56 Å². The van der Waals surface area contributed by atoms with E-state index in [0.717, 1.165) is 63.2 Å². The maximum atomic E-state index is 5.78. The van der Waals surface area contributed by atoms with Gasteiger partial charge in [0.15, 0.2) is 17.5 Å². The van der Waals surface area contributed by atoms with Crippen molar-refractivity contribution in [2.75, 3.05) is 54.2 Å². The summed E-state index contributed by atoms with van der Waals surface area (Å²) in [7, 11) is 5.08. The van der Waals surface area contributed by atoms with Gasteiger partial charge in [-0.25, -0.2) is 0 Å². The monoisotopic (exact) mass is 393 g/mol. The fourth-order valence-corrected chi connectivity index (χ4v) is 3.06. The molecule has 1 saturated heterocycles. The molecule has 28 heavy (non-hydrogen) atoms. The second-order valence-electron chi connectivity index (χ2n) is 7.52. The Labute approximate surface area is 168 Å². The quantitative estimate of drug-likeness (QED) is 0.361. The van der Waals surface area contributed by atoms with Gasteiger partial charge in [0, 0.05) is 38.8 Å². The van der Waals surface area contributed by atoms with E-state index in [9.17, 15) is 0 Å². The molecule has 1 fully saturated rings. The van der Waals surface area contributed by atoms with Crippen molar-refractivity contribution in [1.29, 1.82) is 0 Å². The Hall–Kier alpha value is -1.99. The van der Waals surface area contributed by atoms with E-state index in [4.69, 9.17) is 18.9 Å². The van der Waals surface area contributed by atoms with Gasteiger partial charge in [-0.15, -0.1) is 0 Å². The molecule has 2 N–H and O–H groups in total. The maximum absolute atomic E-state index is 5.78. The Bertz CT molecular complexity index is 628. The maximum Gasteiger partial charge on any atom is 0.191 e. The summed E-state index contributed by atoms with van der Waals surface area (Å²) in [5, 5.41) is 6.75. The van der Waals surface area contributed by atoms with Crippen molar-refractivity contribution in [2.24, 2.45) is 4.99 Å². The molecular formula is C21H35N3O4. The van der Waals surface area contributed by atoms with Gasteiger partial charge in [0.1, 0.15) is 0 Å². The van der Waals surface area contributed by atoms with E-state index in [-0.39, 0.29) is 11.5 Å². The first-order valence-corrected chi connectivity index (χ1v) is 9.86. The van der Waals surface area contributed by atoms with Gasteiger partial charge >= 0.3 is 0 Å². The molecule has 1 aromatic rings. The SMILES string of the molecule is CN=C(NCCCOC1CCOC1)NCC(C)(C)c1ccc(OC)c(OC)c1.